The van der Waals surface area contributed by atoms with Crippen molar-refractivity contribution in [2.75, 3.05) is 48.9 Å². The van der Waals surface area contributed by atoms with E-state index in [9.17, 15) is 9.59 Å². The average Bonchev–Trinajstić information content (AvgIpc) is 3.54. The number of piperidine rings is 1. The lowest BCUT2D eigenvalue weighted by Crippen LogP contribution is -2.38. The number of anilines is 5. The molecule has 2 aliphatic rings. The molecular formula is C31H33N7O3. The molecular weight excluding hydrogens is 518 g/mol. The van der Waals surface area contributed by atoms with Gasteiger partial charge in [0.2, 0.25) is 0 Å². The van der Waals surface area contributed by atoms with Gasteiger partial charge in [0.05, 0.1) is 47.4 Å². The fourth-order valence-corrected chi connectivity index (χ4v) is 5.64. The Morgan fingerprint density at radius 2 is 1.83 bits per heavy atom. The molecule has 2 aliphatic heterocycles. The van der Waals surface area contributed by atoms with E-state index in [0.717, 1.165) is 29.9 Å². The molecule has 1 saturated heterocycles. The number of carbonyl (C=O) groups is 2. The summed E-state index contributed by atoms with van der Waals surface area (Å²) in [4.78, 5) is 44.0. The fourth-order valence-electron chi connectivity index (χ4n) is 5.64. The summed E-state index contributed by atoms with van der Waals surface area (Å²) in [6, 6.07) is 15.0. The number of imidazole rings is 1. The molecule has 0 spiro atoms. The van der Waals surface area contributed by atoms with Gasteiger partial charge in [-0.2, -0.15) is 0 Å². The minimum Gasteiger partial charge on any atom is -0.492 e. The molecule has 210 valence electrons. The number of rotatable bonds is 6. The third-order valence-corrected chi connectivity index (χ3v) is 7.92. The molecule has 1 fully saturated rings. The first-order chi connectivity index (χ1) is 19.9. The second kappa shape index (κ2) is 11.0. The second-order valence-corrected chi connectivity index (χ2v) is 10.3. The minimum atomic E-state index is -0.0851. The number of hydrogen-bond acceptors (Lipinski definition) is 7. The number of carbonyl (C=O) groups excluding carboxylic acids is 2. The Kier molecular flexibility index (Phi) is 7.05. The van der Waals surface area contributed by atoms with Gasteiger partial charge in [-0.05, 0) is 50.1 Å². The normalized spacial score (nSPS) is 15.3. The van der Waals surface area contributed by atoms with Gasteiger partial charge in [-0.3, -0.25) is 9.59 Å². The van der Waals surface area contributed by atoms with Crippen molar-refractivity contribution in [3.63, 3.8) is 0 Å². The van der Waals surface area contributed by atoms with Crippen LogP contribution in [0.3, 0.4) is 0 Å². The highest BCUT2D eigenvalue weighted by Crippen LogP contribution is 2.40. The highest BCUT2D eigenvalue weighted by atomic mass is 16.5. The highest BCUT2D eigenvalue weighted by Gasteiger charge is 2.28. The summed E-state index contributed by atoms with van der Waals surface area (Å²) in [6.07, 6.45) is 7.07. The summed E-state index contributed by atoms with van der Waals surface area (Å²) >= 11 is 0. The van der Waals surface area contributed by atoms with E-state index in [2.05, 4.69) is 20.3 Å². The minimum absolute atomic E-state index is 0.00304. The average molecular weight is 552 g/mol. The van der Waals surface area contributed by atoms with Crippen LogP contribution in [0.4, 0.5) is 28.6 Å². The SMILES string of the molecule is CCOc1cc(C(=O)N2CCC(c3cnc[nH]3)CC2)ccc1Nc1cc2c(cn1)N(C)C(=O)c1ccccc1N2C. The Balaban J connectivity index is 1.23. The van der Waals surface area contributed by atoms with E-state index in [-0.39, 0.29) is 11.8 Å². The molecule has 10 heteroatoms. The zero-order valence-electron chi connectivity index (χ0n) is 23.4. The summed E-state index contributed by atoms with van der Waals surface area (Å²) in [5.74, 6) is 1.48. The fraction of sp³-hybridized carbons (Fsp3) is 0.290. The van der Waals surface area contributed by atoms with E-state index in [0.29, 0.717) is 59.7 Å². The number of ether oxygens (including phenoxy) is 1. The molecule has 4 heterocycles. The number of nitrogens with one attached hydrogen (secondary N) is 2. The summed E-state index contributed by atoms with van der Waals surface area (Å²) in [5, 5.41) is 3.37. The van der Waals surface area contributed by atoms with Crippen LogP contribution < -0.4 is 19.9 Å². The lowest BCUT2D eigenvalue weighted by molar-refractivity contribution is 0.0711. The molecule has 2 aromatic heterocycles. The molecule has 0 aliphatic carbocycles. The number of pyridine rings is 1. The lowest BCUT2D eigenvalue weighted by Gasteiger charge is -2.31. The lowest BCUT2D eigenvalue weighted by atomic mass is 9.93. The molecule has 4 aromatic rings. The van der Waals surface area contributed by atoms with E-state index in [4.69, 9.17) is 4.74 Å². The zero-order chi connectivity index (χ0) is 28.5. The van der Waals surface area contributed by atoms with E-state index < -0.39 is 0 Å². The van der Waals surface area contributed by atoms with Crippen LogP contribution in [0.15, 0.2) is 67.3 Å². The van der Waals surface area contributed by atoms with Crippen LogP contribution in [-0.2, 0) is 0 Å². The number of fused-ring (bicyclic) bond motifs is 2. The Morgan fingerprint density at radius 3 is 2.59 bits per heavy atom. The quantitative estimate of drug-likeness (QED) is 0.334. The van der Waals surface area contributed by atoms with E-state index in [1.54, 1.807) is 30.5 Å². The number of aromatic nitrogens is 3. The molecule has 2 N–H and O–H groups in total. The van der Waals surface area contributed by atoms with Crippen LogP contribution in [0.5, 0.6) is 5.75 Å². The maximum absolute atomic E-state index is 13.4. The maximum Gasteiger partial charge on any atom is 0.260 e. The highest BCUT2D eigenvalue weighted by molar-refractivity contribution is 6.13. The van der Waals surface area contributed by atoms with Gasteiger partial charge >= 0.3 is 0 Å². The van der Waals surface area contributed by atoms with Crippen LogP contribution in [0.25, 0.3) is 0 Å². The molecule has 41 heavy (non-hydrogen) atoms. The van der Waals surface area contributed by atoms with Crippen LogP contribution in [0.1, 0.15) is 52.1 Å². The first-order valence-electron chi connectivity index (χ1n) is 13.9. The number of amides is 2. The predicted molar refractivity (Wildman–Crippen MR) is 159 cm³/mol. The van der Waals surface area contributed by atoms with Crippen LogP contribution >= 0.6 is 0 Å². The first kappa shape index (κ1) is 26.4. The number of H-pyrrole nitrogens is 1. The van der Waals surface area contributed by atoms with Gasteiger partial charge in [-0.1, -0.05) is 12.1 Å². The van der Waals surface area contributed by atoms with Crippen molar-refractivity contribution in [2.45, 2.75) is 25.7 Å². The van der Waals surface area contributed by atoms with Gasteiger partial charge < -0.3 is 29.7 Å². The topological polar surface area (TPSA) is 107 Å². The van der Waals surface area contributed by atoms with Gasteiger partial charge in [-0.25, -0.2) is 9.97 Å². The zero-order valence-corrected chi connectivity index (χ0v) is 23.4. The Hall–Kier alpha value is -4.86. The van der Waals surface area contributed by atoms with E-state index in [1.807, 2.05) is 72.4 Å². The molecule has 0 atom stereocenters. The number of aromatic amines is 1. The molecule has 0 radical (unpaired) electrons. The van der Waals surface area contributed by atoms with Crippen molar-refractivity contribution < 1.29 is 14.3 Å². The Morgan fingerprint density at radius 1 is 1.02 bits per heavy atom. The summed E-state index contributed by atoms with van der Waals surface area (Å²) in [7, 11) is 3.70. The number of benzene rings is 2. The van der Waals surface area contributed by atoms with Crippen LogP contribution in [0, 0.1) is 0 Å². The molecule has 2 aromatic carbocycles. The molecule has 0 unspecified atom stereocenters. The number of para-hydroxylation sites is 1. The molecule has 0 saturated carbocycles. The van der Waals surface area contributed by atoms with Gasteiger partial charge in [0.1, 0.15) is 11.6 Å². The van der Waals surface area contributed by atoms with Crippen molar-refractivity contribution >= 4 is 40.4 Å². The van der Waals surface area contributed by atoms with E-state index >= 15 is 0 Å². The van der Waals surface area contributed by atoms with Crippen molar-refractivity contribution in [3.8, 4) is 5.75 Å². The third kappa shape index (κ3) is 4.97. The standard InChI is InChI=1S/C31H33N7O3/c1-4-41-28-15-21(30(39)38-13-11-20(12-14-38)24-17-32-19-34-24)9-10-23(28)35-29-16-26-27(18-33-29)37(3)31(40)22-7-5-6-8-25(22)36(26)2/h5-10,15-20H,4,11-14H2,1-3H3,(H,32,34)(H,33,35). The smallest absolute Gasteiger partial charge is 0.260 e. The molecule has 6 rings (SSSR count). The number of likely N-dealkylation sites (tertiary alicyclic amines) is 1. The summed E-state index contributed by atoms with van der Waals surface area (Å²) in [5.41, 5.74) is 5.43. The number of nitrogens with zero attached hydrogens (tertiary/aromatic N) is 5. The van der Waals surface area contributed by atoms with Crippen molar-refractivity contribution in [2.24, 2.45) is 0 Å². The van der Waals surface area contributed by atoms with Crippen molar-refractivity contribution in [1.29, 1.82) is 0 Å². The van der Waals surface area contributed by atoms with Gasteiger partial charge in [0.15, 0.2) is 0 Å². The van der Waals surface area contributed by atoms with Crippen LogP contribution in [-0.4, -0.2) is 65.5 Å². The molecule has 0 bridgehead atoms. The maximum atomic E-state index is 13.4. The third-order valence-electron chi connectivity index (χ3n) is 7.92. The largest absolute Gasteiger partial charge is 0.492 e. The van der Waals surface area contributed by atoms with Gasteiger partial charge in [-0.15, -0.1) is 0 Å². The second-order valence-electron chi connectivity index (χ2n) is 10.3. The molecule has 10 nitrogen and oxygen atoms in total. The monoisotopic (exact) mass is 551 g/mol. The Labute approximate surface area is 239 Å². The van der Waals surface area contributed by atoms with Crippen LogP contribution in [0.2, 0.25) is 0 Å². The van der Waals surface area contributed by atoms with Gasteiger partial charge in [0, 0.05) is 56.6 Å². The van der Waals surface area contributed by atoms with E-state index in [1.165, 1.54) is 0 Å². The first-order valence-corrected chi connectivity index (χ1v) is 13.9. The Bertz CT molecular complexity index is 1580. The summed E-state index contributed by atoms with van der Waals surface area (Å²) < 4.78 is 5.95. The summed E-state index contributed by atoms with van der Waals surface area (Å²) in [6.45, 7) is 3.75. The van der Waals surface area contributed by atoms with Crippen molar-refractivity contribution in [1.82, 2.24) is 19.9 Å². The van der Waals surface area contributed by atoms with Crippen molar-refractivity contribution in [3.05, 3.63) is 84.1 Å². The van der Waals surface area contributed by atoms with Gasteiger partial charge in [0.25, 0.3) is 11.8 Å². The molecule has 2 amide bonds. The predicted octanol–water partition coefficient (Wildman–Crippen LogP) is 5.32. The number of hydrogen-bond donors (Lipinski definition) is 2.